The Morgan fingerprint density at radius 1 is 1.46 bits per heavy atom. The minimum atomic E-state index is 0.111. The van der Waals surface area contributed by atoms with E-state index in [9.17, 15) is 0 Å². The highest BCUT2D eigenvalue weighted by molar-refractivity contribution is 6.32. The molecule has 0 heterocycles. The molecule has 0 fully saturated rings. The van der Waals surface area contributed by atoms with Crippen LogP contribution in [0.4, 0.5) is 5.69 Å². The summed E-state index contributed by atoms with van der Waals surface area (Å²) in [5, 5.41) is 9.06. The normalized spacial score (nSPS) is 10.0. The lowest BCUT2D eigenvalue weighted by Crippen LogP contribution is -2.00. The molecule has 0 aliphatic rings. The third kappa shape index (κ3) is 3.13. The monoisotopic (exact) mass is 201 g/mol. The van der Waals surface area contributed by atoms with Crippen molar-refractivity contribution >= 4 is 17.3 Å². The molecule has 0 bridgehead atoms. The van der Waals surface area contributed by atoms with Crippen molar-refractivity contribution in [2.24, 2.45) is 0 Å². The van der Waals surface area contributed by atoms with Gasteiger partial charge in [0.1, 0.15) is 5.75 Å². The average molecular weight is 202 g/mol. The molecule has 0 radical (unpaired) electrons. The zero-order valence-corrected chi connectivity index (χ0v) is 7.92. The summed E-state index contributed by atoms with van der Waals surface area (Å²) in [6.45, 7) is 0.555. The molecule has 0 atom stereocenters. The number of aliphatic hydroxyl groups is 1. The Bertz CT molecular complexity index is 278. The van der Waals surface area contributed by atoms with Crippen molar-refractivity contribution in [3.8, 4) is 5.75 Å². The summed E-state index contributed by atoms with van der Waals surface area (Å²) in [5.74, 6) is 0.565. The van der Waals surface area contributed by atoms with Crippen molar-refractivity contribution < 1.29 is 9.84 Å². The quantitative estimate of drug-likeness (QED) is 0.576. The lowest BCUT2D eigenvalue weighted by atomic mass is 10.3. The molecular weight excluding hydrogens is 190 g/mol. The van der Waals surface area contributed by atoms with E-state index in [-0.39, 0.29) is 6.61 Å². The van der Waals surface area contributed by atoms with E-state index < -0.39 is 0 Å². The third-order valence-corrected chi connectivity index (χ3v) is 1.83. The van der Waals surface area contributed by atoms with Crippen LogP contribution in [-0.2, 0) is 0 Å². The Morgan fingerprint density at radius 3 is 2.92 bits per heavy atom. The van der Waals surface area contributed by atoms with Crippen LogP contribution in [0.15, 0.2) is 18.2 Å². The van der Waals surface area contributed by atoms with Gasteiger partial charge in [0.25, 0.3) is 0 Å². The Labute approximate surface area is 82.1 Å². The van der Waals surface area contributed by atoms with Gasteiger partial charge in [0, 0.05) is 24.8 Å². The summed E-state index contributed by atoms with van der Waals surface area (Å²) in [5.41, 5.74) is 6.16. The first-order valence-corrected chi connectivity index (χ1v) is 4.40. The van der Waals surface area contributed by atoms with Crippen LogP contribution >= 0.6 is 11.6 Å². The standard InChI is InChI=1S/C9H12ClNO2/c10-8-3-2-7(11)6-9(8)13-5-1-4-12/h2-3,6,12H,1,4-5,11H2. The van der Waals surface area contributed by atoms with Gasteiger partial charge >= 0.3 is 0 Å². The second kappa shape index (κ2) is 4.94. The SMILES string of the molecule is Nc1ccc(Cl)c(OCCCO)c1. The highest BCUT2D eigenvalue weighted by Gasteiger charge is 2.00. The molecule has 0 saturated carbocycles. The average Bonchev–Trinajstić information content (AvgIpc) is 2.11. The number of hydrogen-bond acceptors (Lipinski definition) is 3. The highest BCUT2D eigenvalue weighted by atomic mass is 35.5. The van der Waals surface area contributed by atoms with Crippen molar-refractivity contribution in [3.05, 3.63) is 23.2 Å². The molecule has 72 valence electrons. The number of ether oxygens (including phenoxy) is 1. The summed E-state index contributed by atoms with van der Waals surface area (Å²) in [6.07, 6.45) is 0.588. The van der Waals surface area contributed by atoms with Gasteiger partial charge in [-0.05, 0) is 12.1 Å². The van der Waals surface area contributed by atoms with Crippen molar-refractivity contribution in [1.82, 2.24) is 0 Å². The number of benzene rings is 1. The van der Waals surface area contributed by atoms with Crippen LogP contribution < -0.4 is 10.5 Å². The maximum Gasteiger partial charge on any atom is 0.139 e. The molecule has 0 aromatic heterocycles. The van der Waals surface area contributed by atoms with Crippen LogP contribution in [0, 0.1) is 0 Å². The molecule has 0 unspecified atom stereocenters. The fraction of sp³-hybridized carbons (Fsp3) is 0.333. The third-order valence-electron chi connectivity index (χ3n) is 1.52. The largest absolute Gasteiger partial charge is 0.492 e. The van der Waals surface area contributed by atoms with Crippen LogP contribution in [0.1, 0.15) is 6.42 Å². The van der Waals surface area contributed by atoms with Gasteiger partial charge in [-0.2, -0.15) is 0 Å². The predicted molar refractivity (Wildman–Crippen MR) is 53.1 cm³/mol. The molecule has 0 spiro atoms. The Balaban J connectivity index is 2.59. The van der Waals surface area contributed by atoms with Gasteiger partial charge in [0.15, 0.2) is 0 Å². The summed E-state index contributed by atoms with van der Waals surface area (Å²) in [7, 11) is 0. The highest BCUT2D eigenvalue weighted by Crippen LogP contribution is 2.26. The summed E-state index contributed by atoms with van der Waals surface area (Å²) in [4.78, 5) is 0. The molecule has 0 saturated heterocycles. The molecule has 0 aliphatic heterocycles. The zero-order chi connectivity index (χ0) is 9.68. The van der Waals surface area contributed by atoms with Crippen LogP contribution in [0.2, 0.25) is 5.02 Å². The molecule has 1 rings (SSSR count). The second-order valence-corrected chi connectivity index (χ2v) is 3.02. The number of hydrogen-bond donors (Lipinski definition) is 2. The molecule has 1 aromatic rings. The maximum atomic E-state index is 8.53. The summed E-state index contributed by atoms with van der Waals surface area (Å²) in [6, 6.07) is 5.06. The Kier molecular flexibility index (Phi) is 3.86. The molecule has 13 heavy (non-hydrogen) atoms. The lowest BCUT2D eigenvalue weighted by Gasteiger charge is -2.07. The van der Waals surface area contributed by atoms with Crippen molar-refractivity contribution in [2.75, 3.05) is 18.9 Å². The topological polar surface area (TPSA) is 55.5 Å². The van der Waals surface area contributed by atoms with Gasteiger partial charge in [0.2, 0.25) is 0 Å². The first kappa shape index (κ1) is 10.2. The number of anilines is 1. The number of halogens is 1. The molecule has 3 N–H and O–H groups in total. The van der Waals surface area contributed by atoms with Gasteiger partial charge in [0.05, 0.1) is 11.6 Å². The van der Waals surface area contributed by atoms with E-state index in [1.54, 1.807) is 18.2 Å². The smallest absolute Gasteiger partial charge is 0.139 e. The summed E-state index contributed by atoms with van der Waals surface area (Å²) >= 11 is 5.83. The van der Waals surface area contributed by atoms with Gasteiger partial charge in [-0.15, -0.1) is 0 Å². The van der Waals surface area contributed by atoms with Crippen molar-refractivity contribution in [2.45, 2.75) is 6.42 Å². The van der Waals surface area contributed by atoms with Crippen molar-refractivity contribution in [3.63, 3.8) is 0 Å². The molecule has 4 heteroatoms. The Morgan fingerprint density at radius 2 is 2.23 bits per heavy atom. The predicted octanol–water partition coefficient (Wildman–Crippen LogP) is 1.68. The van der Waals surface area contributed by atoms with Gasteiger partial charge in [-0.1, -0.05) is 11.6 Å². The van der Waals surface area contributed by atoms with Gasteiger partial charge in [-0.3, -0.25) is 0 Å². The number of nitrogens with two attached hydrogens (primary N) is 1. The van der Waals surface area contributed by atoms with E-state index in [0.717, 1.165) is 0 Å². The molecule has 1 aromatic carbocycles. The van der Waals surface area contributed by atoms with Crippen molar-refractivity contribution in [1.29, 1.82) is 0 Å². The van der Waals surface area contributed by atoms with E-state index in [1.165, 1.54) is 0 Å². The molecular formula is C9H12ClNO2. The minimum absolute atomic E-state index is 0.111. The zero-order valence-electron chi connectivity index (χ0n) is 7.16. The van der Waals surface area contributed by atoms with E-state index >= 15 is 0 Å². The first-order valence-electron chi connectivity index (χ1n) is 4.02. The Hall–Kier alpha value is -0.930. The van der Waals surface area contributed by atoms with E-state index in [0.29, 0.717) is 29.5 Å². The number of rotatable bonds is 4. The van der Waals surface area contributed by atoms with E-state index in [1.807, 2.05) is 0 Å². The van der Waals surface area contributed by atoms with E-state index in [2.05, 4.69) is 0 Å². The fourth-order valence-electron chi connectivity index (χ4n) is 0.877. The van der Waals surface area contributed by atoms with Crippen LogP contribution in [-0.4, -0.2) is 18.3 Å². The lowest BCUT2D eigenvalue weighted by molar-refractivity contribution is 0.234. The van der Waals surface area contributed by atoms with E-state index in [4.69, 9.17) is 27.2 Å². The van der Waals surface area contributed by atoms with Gasteiger partial charge in [-0.25, -0.2) is 0 Å². The number of nitrogen functional groups attached to an aromatic ring is 1. The molecule has 0 aliphatic carbocycles. The number of aliphatic hydroxyl groups excluding tert-OH is 1. The van der Waals surface area contributed by atoms with Crippen LogP contribution in [0.5, 0.6) is 5.75 Å². The van der Waals surface area contributed by atoms with Crippen LogP contribution in [0.25, 0.3) is 0 Å². The minimum Gasteiger partial charge on any atom is -0.492 e. The summed E-state index contributed by atoms with van der Waals surface area (Å²) < 4.78 is 5.29. The van der Waals surface area contributed by atoms with Gasteiger partial charge < -0.3 is 15.6 Å². The first-order chi connectivity index (χ1) is 6.24. The fourth-order valence-corrected chi connectivity index (χ4v) is 1.05. The second-order valence-electron chi connectivity index (χ2n) is 2.62. The molecule has 0 amide bonds. The molecule has 3 nitrogen and oxygen atoms in total. The maximum absolute atomic E-state index is 8.53. The van der Waals surface area contributed by atoms with Crippen LogP contribution in [0.3, 0.4) is 0 Å².